The predicted octanol–water partition coefficient (Wildman–Crippen LogP) is 6.93. The van der Waals surface area contributed by atoms with E-state index in [4.69, 9.17) is 35.4 Å². The van der Waals surface area contributed by atoms with Crippen LogP contribution in [0, 0.1) is 6.92 Å². The number of aliphatic hydroxyl groups is 1. The topological polar surface area (TPSA) is 36.1 Å². The molecule has 2 aromatic carbocycles. The zero-order chi connectivity index (χ0) is 22.8. The Morgan fingerprint density at radius 3 is 2.42 bits per heavy atom. The summed E-state index contributed by atoms with van der Waals surface area (Å²) in [4.78, 5) is 0.0125. The van der Waals surface area contributed by atoms with Crippen LogP contribution in [0.3, 0.4) is 0 Å². The summed E-state index contributed by atoms with van der Waals surface area (Å²) in [6.45, 7) is 1.85. The smallest absolute Gasteiger partial charge is 0.416 e. The van der Waals surface area contributed by atoms with Gasteiger partial charge in [0, 0.05) is 22.9 Å². The zero-order valence-corrected chi connectivity index (χ0v) is 18.4. The summed E-state index contributed by atoms with van der Waals surface area (Å²) in [5.74, 6) is -0.223. The van der Waals surface area contributed by atoms with E-state index in [2.05, 4.69) is 5.32 Å². The maximum absolute atomic E-state index is 13.1. The molecule has 0 atom stereocenters. The van der Waals surface area contributed by atoms with Crippen LogP contribution in [0.25, 0.3) is 11.5 Å². The van der Waals surface area contributed by atoms with Crippen molar-refractivity contribution in [2.45, 2.75) is 13.1 Å². The van der Waals surface area contributed by atoms with Crippen LogP contribution in [0.1, 0.15) is 16.7 Å². The molecule has 3 aromatic rings. The molecule has 0 aliphatic heterocycles. The van der Waals surface area contributed by atoms with Gasteiger partial charge in [0.25, 0.3) is 5.70 Å². The first-order chi connectivity index (χ1) is 14.6. The molecule has 0 aliphatic rings. The third-order valence-corrected chi connectivity index (χ3v) is 5.32. The van der Waals surface area contributed by atoms with Crippen molar-refractivity contribution in [3.63, 3.8) is 0 Å². The lowest BCUT2D eigenvalue weighted by Crippen LogP contribution is -2.38. The first-order valence-electron chi connectivity index (χ1n) is 8.92. The quantitative estimate of drug-likeness (QED) is 0.183. The Labute approximate surface area is 192 Å². The van der Waals surface area contributed by atoms with Gasteiger partial charge in [-0.15, -0.1) is 0 Å². The molecule has 0 saturated carbocycles. The van der Waals surface area contributed by atoms with Crippen molar-refractivity contribution < 1.29 is 22.8 Å². The Kier molecular flexibility index (Phi) is 6.89. The molecule has 1 aromatic heterocycles. The van der Waals surface area contributed by atoms with Crippen LogP contribution < -0.4 is 9.88 Å². The molecule has 3 rings (SSSR count). The number of nitrogens with one attached hydrogen (secondary N) is 1. The van der Waals surface area contributed by atoms with Gasteiger partial charge in [0.15, 0.2) is 23.1 Å². The molecule has 1 heterocycles. The Morgan fingerprint density at radius 2 is 1.77 bits per heavy atom. The van der Waals surface area contributed by atoms with Crippen molar-refractivity contribution in [2.75, 3.05) is 5.32 Å². The number of anilines is 1. The van der Waals surface area contributed by atoms with Crippen LogP contribution in [-0.4, -0.2) is 10.1 Å². The van der Waals surface area contributed by atoms with Crippen LogP contribution in [0.4, 0.5) is 18.9 Å². The van der Waals surface area contributed by atoms with Gasteiger partial charge in [0.2, 0.25) is 0 Å². The van der Waals surface area contributed by atoms with Gasteiger partial charge in [-0.2, -0.15) is 17.7 Å². The van der Waals surface area contributed by atoms with Gasteiger partial charge >= 0.3 is 6.18 Å². The van der Waals surface area contributed by atoms with E-state index in [0.29, 0.717) is 10.6 Å². The van der Waals surface area contributed by atoms with Gasteiger partial charge in [0.1, 0.15) is 0 Å². The van der Waals surface area contributed by atoms with Crippen molar-refractivity contribution in [3.05, 3.63) is 93.7 Å². The maximum Gasteiger partial charge on any atom is 0.416 e. The van der Waals surface area contributed by atoms with Gasteiger partial charge in [-0.3, -0.25) is 0 Å². The summed E-state index contributed by atoms with van der Waals surface area (Å²) in [6.07, 6.45) is -1.11. The molecule has 0 unspecified atom stereocenters. The van der Waals surface area contributed by atoms with E-state index in [1.54, 1.807) is 29.1 Å². The van der Waals surface area contributed by atoms with E-state index in [-0.39, 0.29) is 27.2 Å². The lowest BCUT2D eigenvalue weighted by molar-refractivity contribution is -0.576. The highest BCUT2D eigenvalue weighted by Crippen LogP contribution is 2.31. The Morgan fingerprint density at radius 1 is 1.03 bits per heavy atom. The summed E-state index contributed by atoms with van der Waals surface area (Å²) >= 11 is 17.5. The second kappa shape index (κ2) is 9.26. The lowest BCUT2D eigenvalue weighted by atomic mass is 10.1. The molecule has 0 bridgehead atoms. The van der Waals surface area contributed by atoms with Crippen molar-refractivity contribution in [3.8, 4) is 0 Å². The second-order valence-corrected chi connectivity index (χ2v) is 7.87. The number of aryl methyl sites for hydroxylation is 1. The Bertz CT molecular complexity index is 1180. The number of aromatic nitrogens is 1. The Balaban J connectivity index is 2.08. The first-order valence-corrected chi connectivity index (χ1v) is 10.1. The van der Waals surface area contributed by atoms with Gasteiger partial charge in [-0.1, -0.05) is 41.5 Å². The number of nitrogens with zero attached hydrogens (tertiary/aromatic N) is 1. The number of hydrogen-bond donors (Lipinski definition) is 2. The number of halogens is 5. The largest absolute Gasteiger partial charge is 0.502 e. The SMILES string of the molecule is Cc1ccc[n+](C(C(=S)Nc2cccc(C(F)(F)F)c2)=C(O)c2ccc(Cl)c(Cl)c2)c1. The summed E-state index contributed by atoms with van der Waals surface area (Å²) < 4.78 is 40.7. The zero-order valence-electron chi connectivity index (χ0n) is 16.0. The minimum atomic E-state index is -4.49. The minimum Gasteiger partial charge on any atom is -0.502 e. The van der Waals surface area contributed by atoms with E-state index in [9.17, 15) is 18.3 Å². The molecule has 0 aliphatic carbocycles. The van der Waals surface area contributed by atoms with Gasteiger partial charge in [-0.05, 0) is 49.4 Å². The molecular formula is C22H16Cl2F3N2OS+. The highest BCUT2D eigenvalue weighted by molar-refractivity contribution is 7.81. The third kappa shape index (κ3) is 5.55. The van der Waals surface area contributed by atoms with Crippen LogP contribution in [0.2, 0.25) is 10.0 Å². The summed E-state index contributed by atoms with van der Waals surface area (Å²) in [6, 6.07) is 12.8. The van der Waals surface area contributed by atoms with Crippen LogP contribution in [-0.2, 0) is 6.18 Å². The molecule has 0 spiro atoms. The molecule has 2 N–H and O–H groups in total. The highest BCUT2D eigenvalue weighted by Gasteiger charge is 2.31. The molecule has 0 saturated heterocycles. The van der Waals surface area contributed by atoms with E-state index in [0.717, 1.165) is 17.7 Å². The number of pyridine rings is 1. The highest BCUT2D eigenvalue weighted by atomic mass is 35.5. The maximum atomic E-state index is 13.1. The second-order valence-electron chi connectivity index (χ2n) is 6.65. The van der Waals surface area contributed by atoms with Gasteiger partial charge in [0.05, 0.1) is 15.6 Å². The fourth-order valence-corrected chi connectivity index (χ4v) is 3.44. The fourth-order valence-electron chi connectivity index (χ4n) is 2.82. The van der Waals surface area contributed by atoms with Crippen molar-refractivity contribution in [1.29, 1.82) is 0 Å². The Hall–Kier alpha value is -2.61. The van der Waals surface area contributed by atoms with Crippen LogP contribution >= 0.6 is 35.4 Å². The van der Waals surface area contributed by atoms with E-state index in [1.807, 2.05) is 13.0 Å². The summed E-state index contributed by atoms with van der Waals surface area (Å²) in [5.41, 5.74) is 0.695. The number of thiocarbonyl (C=S) groups is 1. The molecule has 31 heavy (non-hydrogen) atoms. The average Bonchev–Trinajstić information content (AvgIpc) is 2.70. The van der Waals surface area contributed by atoms with Crippen molar-refractivity contribution >= 4 is 57.6 Å². The number of aliphatic hydroxyl groups excluding tert-OH is 1. The van der Waals surface area contributed by atoms with E-state index < -0.39 is 11.7 Å². The van der Waals surface area contributed by atoms with Crippen molar-refractivity contribution in [1.82, 2.24) is 0 Å². The van der Waals surface area contributed by atoms with Crippen LogP contribution in [0.5, 0.6) is 0 Å². The molecule has 3 nitrogen and oxygen atoms in total. The summed E-state index contributed by atoms with van der Waals surface area (Å²) in [5, 5.41) is 14.3. The molecule has 0 fully saturated rings. The normalized spacial score (nSPS) is 12.3. The molecule has 160 valence electrons. The first kappa shape index (κ1) is 23.1. The van der Waals surface area contributed by atoms with Crippen molar-refractivity contribution in [2.24, 2.45) is 0 Å². The van der Waals surface area contributed by atoms with Crippen LogP contribution in [0.15, 0.2) is 67.0 Å². The van der Waals surface area contributed by atoms with E-state index in [1.165, 1.54) is 24.3 Å². The number of rotatable bonds is 4. The minimum absolute atomic E-state index is 0.0125. The molecular weight excluding hydrogens is 468 g/mol. The van der Waals surface area contributed by atoms with Gasteiger partial charge in [-0.25, -0.2) is 0 Å². The monoisotopic (exact) mass is 483 g/mol. The third-order valence-electron chi connectivity index (χ3n) is 4.29. The predicted molar refractivity (Wildman–Crippen MR) is 121 cm³/mol. The van der Waals surface area contributed by atoms with E-state index >= 15 is 0 Å². The number of benzene rings is 2. The molecule has 9 heteroatoms. The standard InChI is InChI=1S/C22H15Cl2F3N2OS/c1-13-4-3-9-29(12-13)19(20(30)14-7-8-17(23)18(24)10-14)21(31)28-16-6-2-5-15(11-16)22(25,26)27/h2-12H,1H3,(H-,28,30,31)/p+1. The number of hydrogen-bond acceptors (Lipinski definition) is 2. The number of alkyl halides is 3. The molecule has 0 radical (unpaired) electrons. The van der Waals surface area contributed by atoms with Gasteiger partial charge < -0.3 is 10.4 Å². The lowest BCUT2D eigenvalue weighted by Gasteiger charge is -2.12. The fraction of sp³-hybridized carbons (Fsp3) is 0.0909. The molecule has 0 amide bonds. The average molecular weight is 484 g/mol. The summed E-state index contributed by atoms with van der Waals surface area (Å²) in [7, 11) is 0.